The van der Waals surface area contributed by atoms with Crippen LogP contribution in [-0.4, -0.2) is 59.9 Å². The lowest BCUT2D eigenvalue weighted by atomic mass is 10.3. The van der Waals surface area contributed by atoms with E-state index in [-0.39, 0.29) is 18.5 Å². The van der Waals surface area contributed by atoms with Gasteiger partial charge in [-0.2, -0.15) is 5.10 Å². The summed E-state index contributed by atoms with van der Waals surface area (Å²) in [6.07, 6.45) is 0. The molecule has 1 amide bonds. The molecule has 138 valence electrons. The number of aromatic nitrogens is 6. The number of carbonyl (C=O) groups is 1. The van der Waals surface area contributed by atoms with Crippen LogP contribution in [0, 0.1) is 13.8 Å². The number of amides is 1. The van der Waals surface area contributed by atoms with Gasteiger partial charge in [-0.1, -0.05) is 0 Å². The topological polar surface area (TPSA) is 93.8 Å². The van der Waals surface area contributed by atoms with Gasteiger partial charge in [0.1, 0.15) is 6.54 Å². The van der Waals surface area contributed by atoms with Crippen LogP contribution in [-0.2, 0) is 24.4 Å². The molecule has 0 aromatic carbocycles. The van der Waals surface area contributed by atoms with Crippen molar-refractivity contribution in [3.63, 3.8) is 0 Å². The quantitative estimate of drug-likeness (QED) is 0.748. The Kier molecular flexibility index (Phi) is 6.24. The van der Waals surface area contributed by atoms with Crippen molar-refractivity contribution in [2.75, 3.05) is 7.05 Å². The summed E-state index contributed by atoms with van der Waals surface area (Å²) in [6, 6.07) is 2.36. The fourth-order valence-corrected chi connectivity index (χ4v) is 2.49. The maximum absolute atomic E-state index is 12.3. The molecule has 1 atom stereocenters. The van der Waals surface area contributed by atoms with Crippen molar-refractivity contribution in [3.05, 3.63) is 23.3 Å². The molecule has 0 saturated carbocycles. The maximum atomic E-state index is 12.3. The van der Waals surface area contributed by atoms with Gasteiger partial charge in [0.25, 0.3) is 0 Å². The molecule has 0 fully saturated rings. The standard InChI is InChI=1S/C16H28N8O/c1-11(2)22(6)9-15-18-20-21-24(15)10-16(25)17-13(4)8-23-14(5)7-12(3)19-23/h7,11,13H,8-10H2,1-6H3,(H,17,25). The van der Waals surface area contributed by atoms with E-state index in [0.29, 0.717) is 25.0 Å². The molecule has 25 heavy (non-hydrogen) atoms. The van der Waals surface area contributed by atoms with E-state index >= 15 is 0 Å². The second-order valence-corrected chi connectivity index (χ2v) is 6.84. The number of carbonyl (C=O) groups excluding carboxylic acids is 1. The predicted octanol–water partition coefficient (Wildman–Crippen LogP) is 0.532. The molecule has 2 aromatic rings. The molecule has 0 aliphatic heterocycles. The summed E-state index contributed by atoms with van der Waals surface area (Å²) in [7, 11) is 2.00. The first-order chi connectivity index (χ1) is 11.8. The van der Waals surface area contributed by atoms with E-state index in [0.717, 1.165) is 11.4 Å². The number of nitrogens with zero attached hydrogens (tertiary/aromatic N) is 7. The highest BCUT2D eigenvalue weighted by atomic mass is 16.2. The molecular weight excluding hydrogens is 320 g/mol. The zero-order valence-corrected chi connectivity index (χ0v) is 15.9. The minimum atomic E-state index is -0.116. The largest absolute Gasteiger partial charge is 0.350 e. The van der Waals surface area contributed by atoms with Crippen LogP contribution in [0.4, 0.5) is 0 Å². The number of aryl methyl sites for hydroxylation is 2. The lowest BCUT2D eigenvalue weighted by Crippen LogP contribution is -2.38. The van der Waals surface area contributed by atoms with E-state index in [1.807, 2.05) is 38.6 Å². The van der Waals surface area contributed by atoms with Crippen molar-refractivity contribution in [1.82, 2.24) is 40.2 Å². The first-order valence-electron chi connectivity index (χ1n) is 8.52. The van der Waals surface area contributed by atoms with Gasteiger partial charge in [0.15, 0.2) is 5.82 Å². The van der Waals surface area contributed by atoms with Gasteiger partial charge in [0.2, 0.25) is 5.91 Å². The van der Waals surface area contributed by atoms with E-state index in [4.69, 9.17) is 0 Å². The normalized spacial score (nSPS) is 12.8. The summed E-state index contributed by atoms with van der Waals surface area (Å²) in [6.45, 7) is 11.5. The van der Waals surface area contributed by atoms with Crippen molar-refractivity contribution < 1.29 is 4.79 Å². The lowest BCUT2D eigenvalue weighted by Gasteiger charge is -2.20. The third kappa shape index (κ3) is 5.35. The number of tetrazole rings is 1. The van der Waals surface area contributed by atoms with Crippen molar-refractivity contribution in [1.29, 1.82) is 0 Å². The molecule has 0 saturated heterocycles. The first-order valence-corrected chi connectivity index (χ1v) is 8.52. The number of nitrogens with one attached hydrogen (secondary N) is 1. The summed E-state index contributed by atoms with van der Waals surface area (Å²) < 4.78 is 3.45. The minimum Gasteiger partial charge on any atom is -0.350 e. The summed E-state index contributed by atoms with van der Waals surface area (Å²) in [5.41, 5.74) is 2.06. The van der Waals surface area contributed by atoms with Crippen molar-refractivity contribution >= 4 is 5.91 Å². The van der Waals surface area contributed by atoms with Crippen LogP contribution in [0.25, 0.3) is 0 Å². The van der Waals surface area contributed by atoms with E-state index < -0.39 is 0 Å². The maximum Gasteiger partial charge on any atom is 0.242 e. The average molecular weight is 348 g/mol. The molecule has 0 spiro atoms. The summed E-state index contributed by atoms with van der Waals surface area (Å²) in [5, 5.41) is 19.0. The Morgan fingerprint density at radius 1 is 1.28 bits per heavy atom. The second-order valence-electron chi connectivity index (χ2n) is 6.84. The number of hydrogen-bond donors (Lipinski definition) is 1. The highest BCUT2D eigenvalue weighted by molar-refractivity contribution is 5.75. The molecule has 9 heteroatoms. The Bertz CT molecular complexity index is 705. The number of hydrogen-bond acceptors (Lipinski definition) is 6. The van der Waals surface area contributed by atoms with Gasteiger partial charge in [0.05, 0.1) is 18.8 Å². The van der Waals surface area contributed by atoms with Crippen LogP contribution >= 0.6 is 0 Å². The average Bonchev–Trinajstić information content (AvgIpc) is 3.05. The Morgan fingerprint density at radius 2 is 2.00 bits per heavy atom. The molecule has 1 N–H and O–H groups in total. The van der Waals surface area contributed by atoms with Gasteiger partial charge in [0, 0.05) is 17.8 Å². The van der Waals surface area contributed by atoms with Gasteiger partial charge in [-0.05, 0) is 58.2 Å². The van der Waals surface area contributed by atoms with Crippen LogP contribution in [0.3, 0.4) is 0 Å². The van der Waals surface area contributed by atoms with Crippen LogP contribution in [0.2, 0.25) is 0 Å². The molecule has 0 radical (unpaired) electrons. The Morgan fingerprint density at radius 3 is 2.60 bits per heavy atom. The van der Waals surface area contributed by atoms with Crippen LogP contribution in [0.15, 0.2) is 6.07 Å². The van der Waals surface area contributed by atoms with Crippen LogP contribution < -0.4 is 5.32 Å². The number of rotatable bonds is 8. The Balaban J connectivity index is 1.90. The Hall–Kier alpha value is -2.29. The third-order valence-corrected chi connectivity index (χ3v) is 4.13. The van der Waals surface area contributed by atoms with E-state index in [9.17, 15) is 4.79 Å². The Labute approximate surface area is 148 Å². The summed E-state index contributed by atoms with van der Waals surface area (Å²) in [4.78, 5) is 14.4. The smallest absolute Gasteiger partial charge is 0.242 e. The van der Waals surface area contributed by atoms with Crippen LogP contribution in [0.5, 0.6) is 0 Å². The zero-order valence-electron chi connectivity index (χ0n) is 15.9. The fourth-order valence-electron chi connectivity index (χ4n) is 2.49. The first kappa shape index (κ1) is 19.0. The van der Waals surface area contributed by atoms with Gasteiger partial charge in [-0.25, -0.2) is 4.68 Å². The molecule has 0 aliphatic rings. The zero-order chi connectivity index (χ0) is 18.6. The van der Waals surface area contributed by atoms with E-state index in [1.54, 1.807) is 4.68 Å². The van der Waals surface area contributed by atoms with E-state index in [1.165, 1.54) is 0 Å². The van der Waals surface area contributed by atoms with Gasteiger partial charge in [-0.3, -0.25) is 14.4 Å². The third-order valence-electron chi connectivity index (χ3n) is 4.13. The molecule has 2 rings (SSSR count). The molecule has 2 heterocycles. The van der Waals surface area contributed by atoms with Crippen LogP contribution in [0.1, 0.15) is 38.0 Å². The molecular formula is C16H28N8O. The van der Waals surface area contributed by atoms with E-state index in [2.05, 4.69) is 44.7 Å². The summed E-state index contributed by atoms with van der Waals surface area (Å²) in [5.74, 6) is 0.562. The molecule has 0 bridgehead atoms. The SMILES string of the molecule is Cc1cc(C)n(CC(C)NC(=O)Cn2nnnc2CN(C)C(C)C)n1. The monoisotopic (exact) mass is 348 g/mol. The summed E-state index contributed by atoms with van der Waals surface area (Å²) >= 11 is 0. The predicted molar refractivity (Wildman–Crippen MR) is 93.7 cm³/mol. The van der Waals surface area contributed by atoms with Crippen molar-refractivity contribution in [3.8, 4) is 0 Å². The molecule has 9 nitrogen and oxygen atoms in total. The van der Waals surface area contributed by atoms with Crippen molar-refractivity contribution in [2.24, 2.45) is 0 Å². The van der Waals surface area contributed by atoms with Crippen molar-refractivity contribution in [2.45, 2.75) is 66.3 Å². The van der Waals surface area contributed by atoms with Gasteiger partial charge in [-0.15, -0.1) is 5.10 Å². The minimum absolute atomic E-state index is 0.0382. The highest BCUT2D eigenvalue weighted by Gasteiger charge is 2.15. The second kappa shape index (κ2) is 8.19. The molecule has 1 unspecified atom stereocenters. The van der Waals surface area contributed by atoms with Gasteiger partial charge >= 0.3 is 0 Å². The molecule has 0 aliphatic carbocycles. The highest BCUT2D eigenvalue weighted by Crippen LogP contribution is 2.04. The fraction of sp³-hybridized carbons (Fsp3) is 0.688. The van der Waals surface area contributed by atoms with Gasteiger partial charge < -0.3 is 5.32 Å². The molecule has 2 aromatic heterocycles. The lowest BCUT2D eigenvalue weighted by molar-refractivity contribution is -0.122.